The third kappa shape index (κ3) is 2.64. The zero-order valence-electron chi connectivity index (χ0n) is 12.4. The van der Waals surface area contributed by atoms with Crippen molar-refractivity contribution in [3.05, 3.63) is 81.9 Å². The number of nitro benzene ring substituents is 1. The summed E-state index contributed by atoms with van der Waals surface area (Å²) < 4.78 is 4.96. The molecule has 5 nitrogen and oxygen atoms in total. The average molecular weight is 307 g/mol. The van der Waals surface area contributed by atoms with Crippen LogP contribution in [0.2, 0.25) is 0 Å². The quantitative estimate of drug-likeness (QED) is 0.415. The van der Waals surface area contributed by atoms with Gasteiger partial charge in [0.1, 0.15) is 0 Å². The first-order valence-electron chi connectivity index (χ1n) is 6.96. The van der Waals surface area contributed by atoms with Gasteiger partial charge in [-0.3, -0.25) is 14.9 Å². The number of benzene rings is 3. The number of ether oxygens (including phenoxy) is 1. The van der Waals surface area contributed by atoms with Gasteiger partial charge >= 0.3 is 5.69 Å². The minimum Gasteiger partial charge on any atom is -0.490 e. The minimum atomic E-state index is -0.557. The Hall–Kier alpha value is -3.21. The van der Waals surface area contributed by atoms with E-state index in [1.807, 2.05) is 30.3 Å². The van der Waals surface area contributed by atoms with Crippen molar-refractivity contribution >= 4 is 22.2 Å². The van der Waals surface area contributed by atoms with E-state index in [1.165, 1.54) is 25.3 Å². The minimum absolute atomic E-state index is 0.129. The van der Waals surface area contributed by atoms with Crippen LogP contribution in [0.1, 0.15) is 15.9 Å². The van der Waals surface area contributed by atoms with Gasteiger partial charge < -0.3 is 4.74 Å². The van der Waals surface area contributed by atoms with E-state index in [-0.39, 0.29) is 22.8 Å². The zero-order valence-corrected chi connectivity index (χ0v) is 12.4. The lowest BCUT2D eigenvalue weighted by atomic mass is 9.97. The molecule has 0 spiro atoms. The highest BCUT2D eigenvalue weighted by molar-refractivity contribution is 6.16. The molecule has 0 heterocycles. The molecule has 0 aromatic heterocycles. The Morgan fingerprint density at radius 1 is 1.04 bits per heavy atom. The Morgan fingerprint density at radius 3 is 2.52 bits per heavy atom. The van der Waals surface area contributed by atoms with Crippen molar-refractivity contribution < 1.29 is 14.5 Å². The van der Waals surface area contributed by atoms with Gasteiger partial charge in [0.05, 0.1) is 12.0 Å². The maximum atomic E-state index is 12.8. The van der Waals surface area contributed by atoms with Gasteiger partial charge in [-0.15, -0.1) is 0 Å². The largest absolute Gasteiger partial charge is 0.490 e. The van der Waals surface area contributed by atoms with Gasteiger partial charge in [0, 0.05) is 17.2 Å². The summed E-state index contributed by atoms with van der Waals surface area (Å²) in [5, 5.41) is 12.9. The summed E-state index contributed by atoms with van der Waals surface area (Å²) in [6.07, 6.45) is 0. The predicted octanol–water partition coefficient (Wildman–Crippen LogP) is 3.99. The molecule has 3 aromatic carbocycles. The van der Waals surface area contributed by atoms with Gasteiger partial charge in [-0.2, -0.15) is 0 Å². The van der Waals surface area contributed by atoms with Crippen molar-refractivity contribution in [3.63, 3.8) is 0 Å². The van der Waals surface area contributed by atoms with Crippen LogP contribution in [0.4, 0.5) is 5.69 Å². The Labute approximate surface area is 132 Å². The lowest BCUT2D eigenvalue weighted by Gasteiger charge is -2.07. The summed E-state index contributed by atoms with van der Waals surface area (Å²) in [5.41, 5.74) is 0.551. The first kappa shape index (κ1) is 14.7. The molecule has 3 aromatic rings. The number of nitrogens with zero attached hydrogens (tertiary/aromatic N) is 1. The molecule has 5 heteroatoms. The molecule has 0 aliphatic heterocycles. The lowest BCUT2D eigenvalue weighted by Crippen LogP contribution is -2.04. The Bertz CT molecular complexity index is 913. The molecule has 114 valence electrons. The van der Waals surface area contributed by atoms with Crippen LogP contribution < -0.4 is 4.74 Å². The van der Waals surface area contributed by atoms with Crippen molar-refractivity contribution in [2.24, 2.45) is 0 Å². The molecule has 0 atom stereocenters. The SMILES string of the molecule is COc1ccc(C(=O)c2cccc3ccccc23)cc1[N+](=O)[O-]. The highest BCUT2D eigenvalue weighted by Gasteiger charge is 2.20. The van der Waals surface area contributed by atoms with Crippen molar-refractivity contribution in [3.8, 4) is 5.75 Å². The molecule has 0 aliphatic rings. The second-order valence-electron chi connectivity index (χ2n) is 5.00. The summed E-state index contributed by atoms with van der Waals surface area (Å²) in [6.45, 7) is 0. The van der Waals surface area contributed by atoms with Gasteiger partial charge in [-0.05, 0) is 22.9 Å². The topological polar surface area (TPSA) is 69.4 Å². The molecular weight excluding hydrogens is 294 g/mol. The second-order valence-corrected chi connectivity index (χ2v) is 5.00. The monoisotopic (exact) mass is 307 g/mol. The first-order valence-corrected chi connectivity index (χ1v) is 6.96. The molecule has 0 unspecified atom stereocenters. The van der Waals surface area contributed by atoms with E-state index in [9.17, 15) is 14.9 Å². The zero-order chi connectivity index (χ0) is 16.4. The first-order chi connectivity index (χ1) is 11.1. The Kier molecular flexibility index (Phi) is 3.76. The van der Waals surface area contributed by atoms with E-state index in [2.05, 4.69) is 0 Å². The van der Waals surface area contributed by atoms with Crippen LogP contribution >= 0.6 is 0 Å². The molecule has 23 heavy (non-hydrogen) atoms. The van der Waals surface area contributed by atoms with E-state index in [0.29, 0.717) is 5.56 Å². The number of carbonyl (C=O) groups excluding carboxylic acids is 1. The number of hydrogen-bond acceptors (Lipinski definition) is 4. The maximum absolute atomic E-state index is 12.8. The highest BCUT2D eigenvalue weighted by Crippen LogP contribution is 2.29. The molecule has 0 bridgehead atoms. The molecule has 0 fully saturated rings. The van der Waals surface area contributed by atoms with Crippen LogP contribution in [0, 0.1) is 10.1 Å². The molecule has 0 radical (unpaired) electrons. The second kappa shape index (κ2) is 5.88. The van der Waals surface area contributed by atoms with Gasteiger partial charge in [-0.25, -0.2) is 0 Å². The summed E-state index contributed by atoms with van der Waals surface area (Å²) >= 11 is 0. The molecule has 0 saturated heterocycles. The van der Waals surface area contributed by atoms with E-state index in [4.69, 9.17) is 4.74 Å². The van der Waals surface area contributed by atoms with E-state index in [0.717, 1.165) is 10.8 Å². The highest BCUT2D eigenvalue weighted by atomic mass is 16.6. The van der Waals surface area contributed by atoms with Crippen molar-refractivity contribution in [2.45, 2.75) is 0 Å². The third-order valence-electron chi connectivity index (χ3n) is 3.67. The van der Waals surface area contributed by atoms with E-state index >= 15 is 0 Å². The van der Waals surface area contributed by atoms with E-state index < -0.39 is 4.92 Å². The lowest BCUT2D eigenvalue weighted by molar-refractivity contribution is -0.385. The molecule has 0 aliphatic carbocycles. The summed E-state index contributed by atoms with van der Waals surface area (Å²) in [5.74, 6) is -0.128. The summed E-state index contributed by atoms with van der Waals surface area (Å²) in [7, 11) is 1.36. The molecule has 3 rings (SSSR count). The van der Waals surface area contributed by atoms with Crippen molar-refractivity contribution in [1.82, 2.24) is 0 Å². The maximum Gasteiger partial charge on any atom is 0.311 e. The third-order valence-corrected chi connectivity index (χ3v) is 3.67. The predicted molar refractivity (Wildman–Crippen MR) is 87.0 cm³/mol. The van der Waals surface area contributed by atoms with Crippen molar-refractivity contribution in [1.29, 1.82) is 0 Å². The molecule has 0 saturated carbocycles. The van der Waals surface area contributed by atoms with Crippen LogP contribution in [0.25, 0.3) is 10.8 Å². The summed E-state index contributed by atoms with van der Waals surface area (Å²) in [6, 6.07) is 17.2. The Morgan fingerprint density at radius 2 is 1.78 bits per heavy atom. The van der Waals surface area contributed by atoms with Gasteiger partial charge in [0.25, 0.3) is 0 Å². The van der Waals surface area contributed by atoms with Gasteiger partial charge in [0.15, 0.2) is 11.5 Å². The fourth-order valence-corrected chi connectivity index (χ4v) is 2.55. The van der Waals surface area contributed by atoms with Crippen LogP contribution in [-0.2, 0) is 0 Å². The molecular formula is C18H13NO4. The Balaban J connectivity index is 2.13. The van der Waals surface area contributed by atoms with Crippen molar-refractivity contribution in [2.75, 3.05) is 7.11 Å². The molecule has 0 N–H and O–H groups in total. The number of nitro groups is 1. The van der Waals surface area contributed by atoms with Crippen LogP contribution in [0.5, 0.6) is 5.75 Å². The fourth-order valence-electron chi connectivity index (χ4n) is 2.55. The fraction of sp³-hybridized carbons (Fsp3) is 0.0556. The number of hydrogen-bond donors (Lipinski definition) is 0. The standard InChI is InChI=1S/C18H13NO4/c1-23-17-10-9-13(11-16(17)19(21)22)18(20)15-8-4-6-12-5-2-3-7-14(12)15/h2-11H,1H3. The number of ketones is 1. The smallest absolute Gasteiger partial charge is 0.311 e. The molecule has 0 amide bonds. The van der Waals surface area contributed by atoms with E-state index in [1.54, 1.807) is 12.1 Å². The summed E-state index contributed by atoms with van der Waals surface area (Å²) in [4.78, 5) is 23.3. The number of carbonyl (C=O) groups is 1. The van der Waals surface area contributed by atoms with Crippen LogP contribution in [0.3, 0.4) is 0 Å². The van der Waals surface area contributed by atoms with Crippen LogP contribution in [0.15, 0.2) is 60.7 Å². The van der Waals surface area contributed by atoms with Gasteiger partial charge in [0.2, 0.25) is 0 Å². The number of methoxy groups -OCH3 is 1. The number of rotatable bonds is 4. The van der Waals surface area contributed by atoms with Gasteiger partial charge in [-0.1, -0.05) is 42.5 Å². The van der Waals surface area contributed by atoms with Crippen LogP contribution in [-0.4, -0.2) is 17.8 Å². The number of fused-ring (bicyclic) bond motifs is 1. The normalized spacial score (nSPS) is 10.5. The average Bonchev–Trinajstić information content (AvgIpc) is 2.60.